The maximum absolute atomic E-state index is 13.9. The molecule has 0 saturated carbocycles. The normalized spacial score (nSPS) is 27.9. The number of hydrogen-bond donors (Lipinski definition) is 1. The first-order valence-electron chi connectivity index (χ1n) is 6.04. The molecule has 7 heteroatoms. The summed E-state index contributed by atoms with van der Waals surface area (Å²) in [6, 6.07) is 3.61. The Kier molecular flexibility index (Phi) is 3.16. The number of rotatable bonds is 1. The lowest BCUT2D eigenvalue weighted by atomic mass is 9.93. The molecule has 0 fully saturated rings. The van der Waals surface area contributed by atoms with E-state index >= 15 is 0 Å². The van der Waals surface area contributed by atoms with E-state index in [0.29, 0.717) is 0 Å². The fourth-order valence-corrected chi connectivity index (χ4v) is 3.89. The number of hydrogen-bond acceptors (Lipinski definition) is 4. The highest BCUT2D eigenvalue weighted by Crippen LogP contribution is 2.37. The second kappa shape index (κ2) is 4.25. The van der Waals surface area contributed by atoms with Gasteiger partial charge < -0.3 is 5.73 Å². The van der Waals surface area contributed by atoms with Crippen LogP contribution in [0, 0.1) is 11.6 Å². The summed E-state index contributed by atoms with van der Waals surface area (Å²) in [5.41, 5.74) is 4.21. The Morgan fingerprint density at radius 3 is 2.40 bits per heavy atom. The van der Waals surface area contributed by atoms with Crippen LogP contribution in [0.5, 0.6) is 0 Å². The minimum Gasteiger partial charge on any atom is -0.386 e. The fraction of sp³-hybridized carbons (Fsp3) is 0.462. The topological polar surface area (TPSA) is 72.5 Å². The van der Waals surface area contributed by atoms with Crippen LogP contribution >= 0.6 is 0 Å². The summed E-state index contributed by atoms with van der Waals surface area (Å²) in [7, 11) is -3.64. The van der Waals surface area contributed by atoms with Crippen molar-refractivity contribution in [1.29, 1.82) is 0 Å². The van der Waals surface area contributed by atoms with Gasteiger partial charge in [-0.25, -0.2) is 17.2 Å². The average molecular weight is 302 g/mol. The SMILES string of the molecule is CC1(c2cccc(F)c2F)CS(=O)(=O)C(C)(C)C(N)=N1. The lowest BCUT2D eigenvalue weighted by Crippen LogP contribution is -2.55. The van der Waals surface area contributed by atoms with Gasteiger partial charge in [-0.2, -0.15) is 0 Å². The van der Waals surface area contributed by atoms with Crippen molar-refractivity contribution in [3.8, 4) is 0 Å². The van der Waals surface area contributed by atoms with E-state index in [4.69, 9.17) is 5.73 Å². The molecule has 0 spiro atoms. The molecule has 110 valence electrons. The van der Waals surface area contributed by atoms with Crippen LogP contribution in [0.25, 0.3) is 0 Å². The molecule has 0 amide bonds. The summed E-state index contributed by atoms with van der Waals surface area (Å²) in [4.78, 5) is 4.14. The second-order valence-electron chi connectivity index (χ2n) is 5.64. The number of amidine groups is 1. The molecule has 1 atom stereocenters. The van der Waals surface area contributed by atoms with Gasteiger partial charge in [0.15, 0.2) is 21.5 Å². The number of aliphatic imine (C=N–C) groups is 1. The van der Waals surface area contributed by atoms with Crippen LogP contribution in [0.3, 0.4) is 0 Å². The van der Waals surface area contributed by atoms with Crippen molar-refractivity contribution in [2.45, 2.75) is 31.1 Å². The Morgan fingerprint density at radius 1 is 1.25 bits per heavy atom. The standard InChI is InChI=1S/C13H16F2N2O2S/c1-12(2)11(16)17-13(3,7-20(12,18)19)8-5-4-6-9(14)10(8)15/h4-6H,7H2,1-3H3,(H2,16,17). The van der Waals surface area contributed by atoms with E-state index in [1.165, 1.54) is 32.9 Å². The van der Waals surface area contributed by atoms with E-state index in [2.05, 4.69) is 4.99 Å². The zero-order valence-electron chi connectivity index (χ0n) is 11.4. The predicted octanol–water partition coefficient (Wildman–Crippen LogP) is 1.74. The molecule has 0 radical (unpaired) electrons. The van der Waals surface area contributed by atoms with Gasteiger partial charge >= 0.3 is 0 Å². The summed E-state index contributed by atoms with van der Waals surface area (Å²) in [5.74, 6) is -2.66. The smallest absolute Gasteiger partial charge is 0.165 e. The molecular formula is C13H16F2N2O2S. The zero-order valence-corrected chi connectivity index (χ0v) is 12.3. The summed E-state index contributed by atoms with van der Waals surface area (Å²) < 4.78 is 50.6. The molecule has 1 aromatic rings. The van der Waals surface area contributed by atoms with Crippen molar-refractivity contribution < 1.29 is 17.2 Å². The highest BCUT2D eigenvalue weighted by Gasteiger charge is 2.49. The van der Waals surface area contributed by atoms with E-state index in [9.17, 15) is 17.2 Å². The van der Waals surface area contributed by atoms with Gasteiger partial charge in [0.05, 0.1) is 5.75 Å². The van der Waals surface area contributed by atoms with E-state index in [1.807, 2.05) is 0 Å². The Bertz CT molecular complexity index is 698. The van der Waals surface area contributed by atoms with Gasteiger partial charge in [0.2, 0.25) is 0 Å². The van der Waals surface area contributed by atoms with Gasteiger partial charge in [-0.15, -0.1) is 0 Å². The summed E-state index contributed by atoms with van der Waals surface area (Å²) >= 11 is 0. The van der Waals surface area contributed by atoms with Gasteiger partial charge in [-0.1, -0.05) is 12.1 Å². The van der Waals surface area contributed by atoms with Gasteiger partial charge in [0, 0.05) is 5.56 Å². The lowest BCUT2D eigenvalue weighted by Gasteiger charge is -2.37. The largest absolute Gasteiger partial charge is 0.386 e. The molecule has 1 heterocycles. The van der Waals surface area contributed by atoms with Crippen molar-refractivity contribution in [1.82, 2.24) is 0 Å². The number of halogens is 2. The third-order valence-electron chi connectivity index (χ3n) is 3.76. The van der Waals surface area contributed by atoms with Gasteiger partial charge in [0.25, 0.3) is 0 Å². The summed E-state index contributed by atoms with van der Waals surface area (Å²) in [5, 5.41) is 0. The highest BCUT2D eigenvalue weighted by atomic mass is 32.2. The Hall–Kier alpha value is -1.50. The second-order valence-corrected chi connectivity index (χ2v) is 8.18. The predicted molar refractivity (Wildman–Crippen MR) is 73.2 cm³/mol. The van der Waals surface area contributed by atoms with Crippen molar-refractivity contribution in [2.24, 2.45) is 10.7 Å². The summed E-state index contributed by atoms with van der Waals surface area (Å²) in [6.45, 7) is 4.33. The van der Waals surface area contributed by atoms with E-state index in [1.54, 1.807) is 0 Å². The van der Waals surface area contributed by atoms with Crippen LogP contribution in [-0.4, -0.2) is 24.8 Å². The molecule has 2 rings (SSSR count). The van der Waals surface area contributed by atoms with E-state index < -0.39 is 37.5 Å². The number of sulfone groups is 1. The monoisotopic (exact) mass is 302 g/mol. The molecule has 4 nitrogen and oxygen atoms in total. The summed E-state index contributed by atoms with van der Waals surface area (Å²) in [6.07, 6.45) is 0. The third-order valence-corrected chi connectivity index (χ3v) is 6.47. The van der Waals surface area contributed by atoms with E-state index in [0.717, 1.165) is 6.07 Å². The van der Waals surface area contributed by atoms with Crippen LogP contribution in [-0.2, 0) is 15.4 Å². The quantitative estimate of drug-likeness (QED) is 0.859. The minimum absolute atomic E-state index is 0.102. The Balaban J connectivity index is 2.69. The minimum atomic E-state index is -3.64. The first kappa shape index (κ1) is 14.9. The van der Waals surface area contributed by atoms with Gasteiger partial charge in [0.1, 0.15) is 16.1 Å². The zero-order chi connectivity index (χ0) is 15.3. The molecule has 0 saturated heterocycles. The first-order valence-corrected chi connectivity index (χ1v) is 7.69. The number of nitrogens with two attached hydrogens (primary N) is 1. The van der Waals surface area contributed by atoms with Gasteiger partial charge in [-0.05, 0) is 26.8 Å². The van der Waals surface area contributed by atoms with Crippen molar-refractivity contribution in [3.63, 3.8) is 0 Å². The van der Waals surface area contributed by atoms with Crippen LogP contribution in [0.2, 0.25) is 0 Å². The molecule has 20 heavy (non-hydrogen) atoms. The van der Waals surface area contributed by atoms with Gasteiger partial charge in [-0.3, -0.25) is 4.99 Å². The average Bonchev–Trinajstić information content (AvgIpc) is 2.29. The van der Waals surface area contributed by atoms with Crippen LogP contribution in [0.4, 0.5) is 8.78 Å². The number of benzene rings is 1. The van der Waals surface area contributed by atoms with Crippen molar-refractivity contribution >= 4 is 15.7 Å². The third kappa shape index (κ3) is 2.00. The maximum Gasteiger partial charge on any atom is 0.165 e. The van der Waals surface area contributed by atoms with E-state index in [-0.39, 0.29) is 11.4 Å². The molecule has 1 unspecified atom stereocenters. The van der Waals surface area contributed by atoms with Crippen molar-refractivity contribution in [2.75, 3.05) is 5.75 Å². The highest BCUT2D eigenvalue weighted by molar-refractivity contribution is 7.93. The number of nitrogens with zero attached hydrogens (tertiary/aromatic N) is 1. The van der Waals surface area contributed by atoms with Crippen LogP contribution < -0.4 is 5.73 Å². The van der Waals surface area contributed by atoms with Crippen molar-refractivity contribution in [3.05, 3.63) is 35.4 Å². The molecule has 0 aromatic heterocycles. The fourth-order valence-electron chi connectivity index (χ4n) is 2.20. The first-order chi connectivity index (χ1) is 9.01. The molecule has 2 N–H and O–H groups in total. The Labute approximate surface area is 116 Å². The molecule has 1 aliphatic rings. The molecule has 1 aromatic carbocycles. The maximum atomic E-state index is 13.9. The molecule has 1 aliphatic heterocycles. The Morgan fingerprint density at radius 2 is 1.85 bits per heavy atom. The molecule has 0 aliphatic carbocycles. The lowest BCUT2D eigenvalue weighted by molar-refractivity contribution is 0.445. The van der Waals surface area contributed by atoms with Crippen LogP contribution in [0.15, 0.2) is 23.2 Å². The molecular weight excluding hydrogens is 286 g/mol. The molecule has 0 bridgehead atoms. The van der Waals surface area contributed by atoms with Crippen LogP contribution in [0.1, 0.15) is 26.3 Å².